The zero-order valence-electron chi connectivity index (χ0n) is 16.0. The number of fused-ring (bicyclic) bond motifs is 3. The van der Waals surface area contributed by atoms with Gasteiger partial charge in [0, 0.05) is 21.7 Å². The zero-order chi connectivity index (χ0) is 21.4. The van der Waals surface area contributed by atoms with Crippen molar-refractivity contribution in [2.75, 3.05) is 0 Å². The third-order valence-corrected chi connectivity index (χ3v) is 5.25. The number of nitrogens with one attached hydrogen (secondary N) is 1. The molecule has 152 valence electrons. The van der Waals surface area contributed by atoms with Crippen LogP contribution in [0.5, 0.6) is 0 Å². The Morgan fingerprint density at radius 2 is 1.68 bits per heavy atom. The smallest absolute Gasteiger partial charge is 0.253 e. The largest absolute Gasteiger partial charge is 0.324 e. The predicted molar refractivity (Wildman–Crippen MR) is 115 cm³/mol. The van der Waals surface area contributed by atoms with Crippen LogP contribution in [-0.2, 0) is 0 Å². The van der Waals surface area contributed by atoms with E-state index in [2.05, 4.69) is 15.5 Å². The summed E-state index contributed by atoms with van der Waals surface area (Å²) >= 11 is 5.92. The van der Waals surface area contributed by atoms with Crippen molar-refractivity contribution in [1.82, 2.24) is 20.1 Å². The van der Waals surface area contributed by atoms with E-state index in [0.717, 1.165) is 5.69 Å². The van der Waals surface area contributed by atoms with Crippen molar-refractivity contribution in [2.45, 2.75) is 6.17 Å². The molecule has 0 aliphatic carbocycles. The van der Waals surface area contributed by atoms with Crippen LogP contribution in [0.25, 0.3) is 5.69 Å². The SMILES string of the molecule is O=C(NC1N=C(c2ccccc2F)c2ccccc2-n2cnnc21)c1ccc(Cl)cc1. The van der Waals surface area contributed by atoms with E-state index in [-0.39, 0.29) is 5.91 Å². The maximum Gasteiger partial charge on any atom is 0.253 e. The minimum absolute atomic E-state index is 0.333. The first kappa shape index (κ1) is 19.1. The van der Waals surface area contributed by atoms with Gasteiger partial charge >= 0.3 is 0 Å². The molecule has 0 radical (unpaired) electrons. The number of amides is 1. The molecule has 0 saturated carbocycles. The molecule has 1 unspecified atom stereocenters. The van der Waals surface area contributed by atoms with Gasteiger partial charge in [-0.1, -0.05) is 41.9 Å². The van der Waals surface area contributed by atoms with Crippen molar-refractivity contribution in [1.29, 1.82) is 0 Å². The average molecular weight is 432 g/mol. The number of benzene rings is 3. The van der Waals surface area contributed by atoms with E-state index in [4.69, 9.17) is 16.6 Å². The fraction of sp³-hybridized carbons (Fsp3) is 0.0435. The Morgan fingerprint density at radius 1 is 0.968 bits per heavy atom. The van der Waals surface area contributed by atoms with Crippen molar-refractivity contribution in [3.63, 3.8) is 0 Å². The Kier molecular flexibility index (Phi) is 4.80. The summed E-state index contributed by atoms with van der Waals surface area (Å²) in [6.45, 7) is 0. The molecule has 1 atom stereocenters. The van der Waals surface area contributed by atoms with Gasteiger partial charge in [0.15, 0.2) is 12.0 Å². The normalized spacial score (nSPS) is 14.8. The lowest BCUT2D eigenvalue weighted by Gasteiger charge is -2.14. The van der Waals surface area contributed by atoms with Gasteiger partial charge in [0.05, 0.1) is 11.4 Å². The van der Waals surface area contributed by atoms with Crippen molar-refractivity contribution in [2.24, 2.45) is 4.99 Å². The van der Waals surface area contributed by atoms with Crippen molar-refractivity contribution in [3.8, 4) is 5.69 Å². The van der Waals surface area contributed by atoms with Crippen LogP contribution in [0.4, 0.5) is 4.39 Å². The highest BCUT2D eigenvalue weighted by atomic mass is 35.5. The van der Waals surface area contributed by atoms with Crippen molar-refractivity contribution in [3.05, 3.63) is 112 Å². The minimum Gasteiger partial charge on any atom is -0.324 e. The van der Waals surface area contributed by atoms with Crippen molar-refractivity contribution < 1.29 is 9.18 Å². The van der Waals surface area contributed by atoms with E-state index in [1.54, 1.807) is 53.4 Å². The summed E-state index contributed by atoms with van der Waals surface area (Å²) in [6.07, 6.45) is 0.669. The monoisotopic (exact) mass is 431 g/mol. The highest BCUT2D eigenvalue weighted by molar-refractivity contribution is 6.30. The first-order chi connectivity index (χ1) is 15.1. The summed E-state index contributed by atoms with van der Waals surface area (Å²) in [6, 6.07) is 20.4. The molecule has 1 aromatic heterocycles. The number of hydrogen-bond donors (Lipinski definition) is 1. The fourth-order valence-electron chi connectivity index (χ4n) is 3.53. The lowest BCUT2D eigenvalue weighted by molar-refractivity contribution is 0.0936. The first-order valence-corrected chi connectivity index (χ1v) is 9.88. The molecule has 6 nitrogen and oxygen atoms in total. The topological polar surface area (TPSA) is 72.2 Å². The number of rotatable bonds is 3. The van der Waals surface area contributed by atoms with Gasteiger partial charge in [0.1, 0.15) is 12.1 Å². The van der Waals surface area contributed by atoms with Gasteiger partial charge in [0.25, 0.3) is 5.91 Å². The number of aliphatic imine (C=N–C) groups is 1. The molecule has 1 N–H and O–H groups in total. The van der Waals surface area contributed by atoms with E-state index in [1.807, 2.05) is 24.3 Å². The van der Waals surface area contributed by atoms with Gasteiger partial charge in [-0.05, 0) is 42.5 Å². The molecule has 0 saturated heterocycles. The molecular formula is C23H15ClFN5O. The van der Waals surface area contributed by atoms with Crippen LogP contribution >= 0.6 is 11.6 Å². The molecule has 4 aromatic rings. The predicted octanol–water partition coefficient (Wildman–Crippen LogP) is 4.34. The highest BCUT2D eigenvalue weighted by Crippen LogP contribution is 2.29. The van der Waals surface area contributed by atoms with Crippen LogP contribution in [0.3, 0.4) is 0 Å². The third-order valence-electron chi connectivity index (χ3n) is 5.00. The van der Waals surface area contributed by atoms with Crippen LogP contribution in [0.2, 0.25) is 5.02 Å². The second-order valence-corrected chi connectivity index (χ2v) is 7.35. The number of para-hydroxylation sites is 1. The van der Waals surface area contributed by atoms with Gasteiger partial charge in [-0.2, -0.15) is 0 Å². The number of hydrogen-bond acceptors (Lipinski definition) is 4. The van der Waals surface area contributed by atoms with Gasteiger partial charge in [-0.15, -0.1) is 10.2 Å². The summed E-state index contributed by atoms with van der Waals surface area (Å²) in [7, 11) is 0. The summed E-state index contributed by atoms with van der Waals surface area (Å²) in [5, 5.41) is 11.6. The minimum atomic E-state index is -0.882. The molecule has 2 heterocycles. The lowest BCUT2D eigenvalue weighted by atomic mass is 10.00. The van der Waals surface area contributed by atoms with Gasteiger partial charge in [-0.25, -0.2) is 4.39 Å². The number of halogens is 2. The fourth-order valence-corrected chi connectivity index (χ4v) is 3.66. The number of carbonyl (C=O) groups is 1. The third kappa shape index (κ3) is 3.49. The average Bonchev–Trinajstić information content (AvgIpc) is 3.23. The summed E-state index contributed by atoms with van der Waals surface area (Å²) < 4.78 is 16.5. The quantitative estimate of drug-likeness (QED) is 0.524. The molecule has 31 heavy (non-hydrogen) atoms. The van der Waals surface area contributed by atoms with Crippen LogP contribution in [0.1, 0.15) is 33.5 Å². The molecule has 1 amide bonds. The molecule has 0 spiro atoms. The second-order valence-electron chi connectivity index (χ2n) is 6.92. The van der Waals surface area contributed by atoms with E-state index >= 15 is 0 Å². The van der Waals surface area contributed by atoms with E-state index in [0.29, 0.717) is 33.2 Å². The summed E-state index contributed by atoms with van der Waals surface area (Å²) in [4.78, 5) is 17.6. The highest BCUT2D eigenvalue weighted by Gasteiger charge is 2.28. The lowest BCUT2D eigenvalue weighted by Crippen LogP contribution is -2.29. The Balaban J connectivity index is 1.65. The molecule has 5 rings (SSSR count). The first-order valence-electron chi connectivity index (χ1n) is 9.50. The van der Waals surface area contributed by atoms with E-state index in [1.165, 1.54) is 6.07 Å². The van der Waals surface area contributed by atoms with E-state index in [9.17, 15) is 9.18 Å². The number of carbonyl (C=O) groups excluding carboxylic acids is 1. The number of nitrogens with zero attached hydrogens (tertiary/aromatic N) is 4. The van der Waals surface area contributed by atoms with Crippen LogP contribution in [0.15, 0.2) is 84.1 Å². The molecule has 3 aromatic carbocycles. The maximum atomic E-state index is 14.7. The Morgan fingerprint density at radius 3 is 2.45 bits per heavy atom. The molecule has 0 fully saturated rings. The van der Waals surface area contributed by atoms with Crippen LogP contribution in [-0.4, -0.2) is 26.4 Å². The zero-order valence-corrected chi connectivity index (χ0v) is 16.8. The molecule has 0 bridgehead atoms. The second kappa shape index (κ2) is 7.77. The molecule has 1 aliphatic heterocycles. The summed E-state index contributed by atoms with van der Waals surface area (Å²) in [5.41, 5.74) is 2.62. The molecular weight excluding hydrogens is 417 g/mol. The standard InChI is InChI=1S/C23H15ClFN5O/c24-15-11-9-14(10-12-15)23(31)28-21-22-29-26-13-30(22)19-8-4-2-6-17(19)20(27-21)16-5-1-3-7-18(16)25/h1-13,21H,(H,28,31). The Labute approximate surface area is 182 Å². The van der Waals surface area contributed by atoms with Gasteiger partial charge in [0.2, 0.25) is 0 Å². The van der Waals surface area contributed by atoms with Gasteiger partial charge in [-0.3, -0.25) is 14.4 Å². The molecule has 8 heteroatoms. The van der Waals surface area contributed by atoms with Gasteiger partial charge < -0.3 is 5.32 Å². The maximum absolute atomic E-state index is 14.7. The van der Waals surface area contributed by atoms with Crippen LogP contribution in [0, 0.1) is 5.82 Å². The number of aromatic nitrogens is 3. The van der Waals surface area contributed by atoms with E-state index < -0.39 is 12.0 Å². The summed E-state index contributed by atoms with van der Waals surface area (Å²) in [5.74, 6) is -0.351. The Bertz CT molecular complexity index is 1320. The molecule has 1 aliphatic rings. The Hall–Kier alpha value is -3.84. The van der Waals surface area contributed by atoms with Crippen molar-refractivity contribution >= 4 is 23.2 Å². The van der Waals surface area contributed by atoms with Crippen LogP contribution < -0.4 is 5.32 Å².